The van der Waals surface area contributed by atoms with Gasteiger partial charge in [0.15, 0.2) is 0 Å². The molecule has 172 valence electrons. The second kappa shape index (κ2) is 14.9. The van der Waals surface area contributed by atoms with E-state index >= 15 is 0 Å². The zero-order valence-electron chi connectivity index (χ0n) is 18.9. The molecule has 0 aliphatic carbocycles. The molecular weight excluding hydrogens is 420 g/mol. The molecule has 0 saturated carbocycles. The number of rotatable bonds is 16. The topological polar surface area (TPSA) is 83.6 Å². The maximum absolute atomic E-state index is 12.5. The smallest absolute Gasteiger partial charge is 0.242 e. The van der Waals surface area contributed by atoms with Crippen LogP contribution in [-0.2, 0) is 19.2 Å². The van der Waals surface area contributed by atoms with Crippen LogP contribution in [0.15, 0.2) is 0 Å². The lowest BCUT2D eigenvalue weighted by Gasteiger charge is -2.17. The Morgan fingerprint density at radius 3 is 2.43 bits per heavy atom. The summed E-state index contributed by atoms with van der Waals surface area (Å²) in [5.41, 5.74) is 0. The second-order valence-electron chi connectivity index (χ2n) is 8.28. The molecule has 1 heterocycles. The van der Waals surface area contributed by atoms with Crippen LogP contribution in [-0.4, -0.2) is 63.5 Å². The van der Waals surface area contributed by atoms with Crippen molar-refractivity contribution in [1.82, 2.24) is 10.2 Å². The minimum absolute atomic E-state index is 0.0577. The first-order valence-corrected chi connectivity index (χ1v) is 13.2. The molecule has 30 heavy (non-hydrogen) atoms. The van der Waals surface area contributed by atoms with Crippen LogP contribution in [0.25, 0.3) is 0 Å². The number of likely N-dealkylation sites (tertiary alicyclic amines) is 1. The SMILES string of the molecule is CC(=O)CCSCCCSC1CC(=O)N(CCCCCC(=O)NC(C)C(C)C)C1=O. The molecule has 1 N–H and O–H groups in total. The van der Waals surface area contributed by atoms with Gasteiger partial charge in [-0.3, -0.25) is 24.1 Å². The molecule has 0 aromatic carbocycles. The molecule has 1 saturated heterocycles. The zero-order valence-corrected chi connectivity index (χ0v) is 20.5. The van der Waals surface area contributed by atoms with Crippen LogP contribution in [0.5, 0.6) is 0 Å². The van der Waals surface area contributed by atoms with Gasteiger partial charge in [-0.05, 0) is 50.5 Å². The number of nitrogens with zero attached hydrogens (tertiary/aromatic N) is 1. The van der Waals surface area contributed by atoms with E-state index in [1.54, 1.807) is 30.4 Å². The van der Waals surface area contributed by atoms with E-state index in [0.29, 0.717) is 31.7 Å². The molecule has 1 fully saturated rings. The van der Waals surface area contributed by atoms with E-state index in [-0.39, 0.29) is 34.8 Å². The molecule has 1 aliphatic heterocycles. The average Bonchev–Trinajstić information content (AvgIpc) is 2.93. The van der Waals surface area contributed by atoms with Crippen molar-refractivity contribution < 1.29 is 19.2 Å². The van der Waals surface area contributed by atoms with Crippen LogP contribution in [0.2, 0.25) is 0 Å². The summed E-state index contributed by atoms with van der Waals surface area (Å²) in [5.74, 6) is 3.26. The first kappa shape index (κ1) is 27.0. The molecule has 0 aromatic heterocycles. The molecule has 0 aromatic rings. The largest absolute Gasteiger partial charge is 0.353 e. The summed E-state index contributed by atoms with van der Waals surface area (Å²) in [6.07, 6.45) is 4.72. The Balaban J connectivity index is 2.15. The number of imide groups is 1. The van der Waals surface area contributed by atoms with Crippen LogP contribution in [0.1, 0.15) is 72.6 Å². The average molecular weight is 459 g/mol. The van der Waals surface area contributed by atoms with E-state index in [1.807, 2.05) is 6.92 Å². The number of carbonyl (C=O) groups is 4. The lowest BCUT2D eigenvalue weighted by molar-refractivity contribution is -0.138. The molecule has 0 bridgehead atoms. The van der Waals surface area contributed by atoms with Crippen LogP contribution >= 0.6 is 23.5 Å². The number of thioether (sulfide) groups is 2. The Labute approximate surface area is 190 Å². The Morgan fingerprint density at radius 1 is 1.03 bits per heavy atom. The van der Waals surface area contributed by atoms with Gasteiger partial charge in [-0.2, -0.15) is 11.8 Å². The zero-order chi connectivity index (χ0) is 22.5. The van der Waals surface area contributed by atoms with Crippen molar-refractivity contribution in [2.45, 2.75) is 83.9 Å². The van der Waals surface area contributed by atoms with E-state index in [9.17, 15) is 19.2 Å². The summed E-state index contributed by atoms with van der Waals surface area (Å²) < 4.78 is 0. The quantitative estimate of drug-likeness (QED) is 0.281. The summed E-state index contributed by atoms with van der Waals surface area (Å²) in [6.45, 7) is 8.23. The normalized spacial score (nSPS) is 17.6. The van der Waals surface area contributed by atoms with E-state index in [4.69, 9.17) is 0 Å². The van der Waals surface area contributed by atoms with E-state index in [2.05, 4.69) is 19.2 Å². The summed E-state index contributed by atoms with van der Waals surface area (Å²) in [4.78, 5) is 48.9. The van der Waals surface area contributed by atoms with E-state index in [0.717, 1.165) is 42.9 Å². The number of ketones is 1. The third-order valence-electron chi connectivity index (χ3n) is 5.23. The molecule has 1 aliphatic rings. The predicted octanol–water partition coefficient (Wildman–Crippen LogP) is 3.67. The second-order valence-corrected chi connectivity index (χ2v) is 10.8. The Bertz CT molecular complexity index is 583. The minimum Gasteiger partial charge on any atom is -0.353 e. The van der Waals surface area contributed by atoms with E-state index < -0.39 is 0 Å². The van der Waals surface area contributed by atoms with Crippen molar-refractivity contribution in [3.05, 3.63) is 0 Å². The molecule has 1 rings (SSSR count). The highest BCUT2D eigenvalue weighted by molar-refractivity contribution is 8.01. The molecule has 3 amide bonds. The van der Waals surface area contributed by atoms with E-state index in [1.165, 1.54) is 4.90 Å². The number of hydrogen-bond donors (Lipinski definition) is 1. The number of unbranched alkanes of at least 4 members (excludes halogenated alkanes) is 2. The summed E-state index contributed by atoms with van der Waals surface area (Å²) >= 11 is 3.34. The van der Waals surface area contributed by atoms with Gasteiger partial charge in [-0.25, -0.2) is 0 Å². The Morgan fingerprint density at radius 2 is 1.77 bits per heavy atom. The predicted molar refractivity (Wildman–Crippen MR) is 126 cm³/mol. The van der Waals surface area contributed by atoms with Gasteiger partial charge in [-0.1, -0.05) is 20.3 Å². The lowest BCUT2D eigenvalue weighted by Crippen LogP contribution is -2.36. The van der Waals surface area contributed by atoms with Gasteiger partial charge in [0, 0.05) is 37.6 Å². The standard InChI is InChI=1S/C22H38N2O4S2/c1-16(2)18(4)23-20(26)9-6-5-7-11-24-21(27)15-19(22(24)28)30-13-8-12-29-14-10-17(3)25/h16,18-19H,5-15H2,1-4H3,(H,23,26). The maximum atomic E-state index is 12.5. The summed E-state index contributed by atoms with van der Waals surface area (Å²) in [5, 5.41) is 2.75. The molecule has 2 atom stereocenters. The molecule has 0 spiro atoms. The van der Waals surface area contributed by atoms with Gasteiger partial charge in [0.25, 0.3) is 0 Å². The van der Waals surface area contributed by atoms with Gasteiger partial charge in [0.1, 0.15) is 5.78 Å². The Kier molecular flexibility index (Phi) is 13.4. The molecule has 0 radical (unpaired) electrons. The van der Waals surface area contributed by atoms with Crippen LogP contribution in [0.4, 0.5) is 0 Å². The lowest BCUT2D eigenvalue weighted by atomic mass is 10.1. The Hall–Kier alpha value is -1.02. The number of carbonyl (C=O) groups excluding carboxylic acids is 4. The van der Waals surface area contributed by atoms with Crippen LogP contribution < -0.4 is 5.32 Å². The van der Waals surface area contributed by atoms with Gasteiger partial charge in [-0.15, -0.1) is 11.8 Å². The fraction of sp³-hybridized carbons (Fsp3) is 0.818. The first-order chi connectivity index (χ1) is 14.2. The fourth-order valence-corrected chi connectivity index (χ4v) is 5.24. The monoisotopic (exact) mass is 458 g/mol. The highest BCUT2D eigenvalue weighted by Crippen LogP contribution is 2.26. The van der Waals surface area contributed by atoms with Gasteiger partial charge >= 0.3 is 0 Å². The van der Waals surface area contributed by atoms with Crippen molar-refractivity contribution in [2.75, 3.05) is 23.8 Å². The minimum atomic E-state index is -0.247. The number of Topliss-reactive ketones (excluding diaryl/α,β-unsaturated/α-hetero) is 1. The molecular formula is C22H38N2O4S2. The van der Waals surface area contributed by atoms with Crippen molar-refractivity contribution in [1.29, 1.82) is 0 Å². The first-order valence-electron chi connectivity index (χ1n) is 11.0. The number of amides is 3. The summed E-state index contributed by atoms with van der Waals surface area (Å²) in [7, 11) is 0. The van der Waals surface area contributed by atoms with Crippen LogP contribution in [0, 0.1) is 5.92 Å². The van der Waals surface area contributed by atoms with Crippen molar-refractivity contribution >= 4 is 47.0 Å². The number of nitrogens with one attached hydrogen (secondary N) is 1. The fourth-order valence-electron chi connectivity index (χ4n) is 2.95. The van der Waals surface area contributed by atoms with Gasteiger partial charge in [0.05, 0.1) is 5.25 Å². The highest BCUT2D eigenvalue weighted by atomic mass is 32.2. The molecule has 8 heteroatoms. The summed E-state index contributed by atoms with van der Waals surface area (Å²) in [6, 6.07) is 0.172. The third-order valence-corrected chi connectivity index (χ3v) is 7.59. The third kappa shape index (κ3) is 10.8. The molecule has 2 unspecified atom stereocenters. The van der Waals surface area contributed by atoms with Gasteiger partial charge < -0.3 is 5.32 Å². The maximum Gasteiger partial charge on any atom is 0.242 e. The number of hydrogen-bond acceptors (Lipinski definition) is 6. The van der Waals surface area contributed by atoms with Crippen molar-refractivity contribution in [3.63, 3.8) is 0 Å². The van der Waals surface area contributed by atoms with Crippen molar-refractivity contribution in [3.8, 4) is 0 Å². The molecule has 6 nitrogen and oxygen atoms in total. The van der Waals surface area contributed by atoms with Crippen molar-refractivity contribution in [2.24, 2.45) is 5.92 Å². The highest BCUT2D eigenvalue weighted by Gasteiger charge is 2.38. The van der Waals surface area contributed by atoms with Gasteiger partial charge in [0.2, 0.25) is 17.7 Å². The van der Waals surface area contributed by atoms with Crippen LogP contribution in [0.3, 0.4) is 0 Å².